The van der Waals surface area contributed by atoms with Crippen molar-refractivity contribution in [2.24, 2.45) is 18.0 Å². The molecule has 3 rings (SSSR count). The summed E-state index contributed by atoms with van der Waals surface area (Å²) in [6.07, 6.45) is 6.31. The summed E-state index contributed by atoms with van der Waals surface area (Å²) in [7, 11) is 3.79. The van der Waals surface area contributed by atoms with Crippen molar-refractivity contribution in [3.8, 4) is 0 Å². The molecular formula is C18H28N6O. The van der Waals surface area contributed by atoms with Crippen LogP contribution in [0.1, 0.15) is 43.2 Å². The van der Waals surface area contributed by atoms with Crippen LogP contribution in [-0.4, -0.2) is 45.9 Å². The maximum Gasteiger partial charge on any atom is 0.194 e. The van der Waals surface area contributed by atoms with E-state index in [0.717, 1.165) is 36.9 Å². The number of likely N-dealkylation sites (tertiary alicyclic amines) is 1. The number of hydrogen-bond donors (Lipinski definition) is 1. The first kappa shape index (κ1) is 17.5. The van der Waals surface area contributed by atoms with E-state index in [9.17, 15) is 0 Å². The SMILES string of the molecule is CN=C(NCc1cc(C(C)C)no1)N1CCC(Cc2cnn(C)c2)C1. The summed E-state index contributed by atoms with van der Waals surface area (Å²) in [6.45, 7) is 6.87. The van der Waals surface area contributed by atoms with Crippen molar-refractivity contribution in [3.63, 3.8) is 0 Å². The van der Waals surface area contributed by atoms with Gasteiger partial charge in [-0.15, -0.1) is 0 Å². The van der Waals surface area contributed by atoms with Crippen LogP contribution in [0.4, 0.5) is 0 Å². The van der Waals surface area contributed by atoms with Gasteiger partial charge in [-0.2, -0.15) is 5.10 Å². The third-order valence-corrected chi connectivity index (χ3v) is 4.67. The molecule has 1 aliphatic rings. The molecule has 7 nitrogen and oxygen atoms in total. The molecule has 25 heavy (non-hydrogen) atoms. The summed E-state index contributed by atoms with van der Waals surface area (Å²) in [5, 5.41) is 11.8. The molecule has 1 aliphatic heterocycles. The summed E-state index contributed by atoms with van der Waals surface area (Å²) in [5.41, 5.74) is 2.30. The Hall–Kier alpha value is -2.31. The summed E-state index contributed by atoms with van der Waals surface area (Å²) in [6, 6.07) is 2.01. The maximum absolute atomic E-state index is 5.39. The van der Waals surface area contributed by atoms with Gasteiger partial charge in [0.15, 0.2) is 11.7 Å². The van der Waals surface area contributed by atoms with Gasteiger partial charge in [0.05, 0.1) is 18.4 Å². The molecule has 1 unspecified atom stereocenters. The zero-order valence-corrected chi connectivity index (χ0v) is 15.6. The molecule has 1 N–H and O–H groups in total. The second kappa shape index (κ2) is 7.72. The molecule has 7 heteroatoms. The Kier molecular flexibility index (Phi) is 5.40. The highest BCUT2D eigenvalue weighted by Crippen LogP contribution is 2.21. The average molecular weight is 344 g/mol. The van der Waals surface area contributed by atoms with Crippen LogP contribution in [0.15, 0.2) is 28.0 Å². The van der Waals surface area contributed by atoms with Gasteiger partial charge in [0.1, 0.15) is 0 Å². The Morgan fingerprint density at radius 1 is 1.48 bits per heavy atom. The normalized spacial score (nSPS) is 18.4. The fourth-order valence-corrected chi connectivity index (χ4v) is 3.29. The molecule has 0 radical (unpaired) electrons. The van der Waals surface area contributed by atoms with Crippen LogP contribution in [0.3, 0.4) is 0 Å². The lowest BCUT2D eigenvalue weighted by Gasteiger charge is -2.21. The monoisotopic (exact) mass is 344 g/mol. The Bertz CT molecular complexity index is 717. The number of nitrogens with one attached hydrogen (secondary N) is 1. The number of aromatic nitrogens is 3. The molecular weight excluding hydrogens is 316 g/mol. The fraction of sp³-hybridized carbons (Fsp3) is 0.611. The predicted octanol–water partition coefficient (Wildman–Crippen LogP) is 2.17. The Morgan fingerprint density at radius 3 is 2.96 bits per heavy atom. The zero-order chi connectivity index (χ0) is 17.8. The molecule has 0 aliphatic carbocycles. The van der Waals surface area contributed by atoms with Crippen molar-refractivity contribution in [2.75, 3.05) is 20.1 Å². The quantitative estimate of drug-likeness (QED) is 0.665. The van der Waals surface area contributed by atoms with E-state index >= 15 is 0 Å². The molecule has 2 aromatic heterocycles. The van der Waals surface area contributed by atoms with Gasteiger partial charge in [-0.05, 0) is 30.2 Å². The van der Waals surface area contributed by atoms with Crippen LogP contribution >= 0.6 is 0 Å². The Morgan fingerprint density at radius 2 is 2.32 bits per heavy atom. The van der Waals surface area contributed by atoms with Crippen LogP contribution in [0, 0.1) is 5.92 Å². The molecule has 1 fully saturated rings. The van der Waals surface area contributed by atoms with Crippen molar-refractivity contribution in [3.05, 3.63) is 35.5 Å². The minimum atomic E-state index is 0.378. The summed E-state index contributed by atoms with van der Waals surface area (Å²) in [5.74, 6) is 2.79. The largest absolute Gasteiger partial charge is 0.359 e. The van der Waals surface area contributed by atoms with Crippen LogP contribution in [0.2, 0.25) is 0 Å². The molecule has 0 spiro atoms. The van der Waals surface area contributed by atoms with E-state index in [1.807, 2.05) is 31.0 Å². The van der Waals surface area contributed by atoms with E-state index in [1.54, 1.807) is 0 Å². The van der Waals surface area contributed by atoms with Crippen molar-refractivity contribution >= 4 is 5.96 Å². The lowest BCUT2D eigenvalue weighted by atomic mass is 10.0. The smallest absolute Gasteiger partial charge is 0.194 e. The topological polar surface area (TPSA) is 71.5 Å². The summed E-state index contributed by atoms with van der Waals surface area (Å²) in [4.78, 5) is 6.75. The molecule has 0 bridgehead atoms. The lowest BCUT2D eigenvalue weighted by molar-refractivity contribution is 0.368. The summed E-state index contributed by atoms with van der Waals surface area (Å²) >= 11 is 0. The van der Waals surface area contributed by atoms with Gasteiger partial charge in [-0.3, -0.25) is 9.67 Å². The number of aliphatic imine (C=N–C) groups is 1. The van der Waals surface area contributed by atoms with Crippen molar-refractivity contribution < 1.29 is 4.52 Å². The standard InChI is InChI=1S/C18H28N6O/c1-13(2)17-8-16(25-22-17)10-20-18(19-3)24-6-5-14(12-24)7-15-9-21-23(4)11-15/h8-9,11,13-14H,5-7,10,12H2,1-4H3,(H,19,20). The fourth-order valence-electron chi connectivity index (χ4n) is 3.29. The van der Waals surface area contributed by atoms with Gasteiger partial charge in [0.2, 0.25) is 0 Å². The van der Waals surface area contributed by atoms with Crippen molar-refractivity contribution in [1.82, 2.24) is 25.2 Å². The van der Waals surface area contributed by atoms with E-state index in [-0.39, 0.29) is 0 Å². The van der Waals surface area contributed by atoms with E-state index in [2.05, 4.69) is 45.5 Å². The first-order chi connectivity index (χ1) is 12.0. The first-order valence-corrected chi connectivity index (χ1v) is 8.93. The van der Waals surface area contributed by atoms with E-state index in [0.29, 0.717) is 18.4 Å². The molecule has 1 saturated heterocycles. The third kappa shape index (κ3) is 4.41. The van der Waals surface area contributed by atoms with E-state index in [4.69, 9.17) is 4.52 Å². The van der Waals surface area contributed by atoms with Crippen LogP contribution in [0.5, 0.6) is 0 Å². The highest BCUT2D eigenvalue weighted by atomic mass is 16.5. The van der Waals surface area contributed by atoms with Gasteiger partial charge in [0, 0.05) is 39.4 Å². The number of aryl methyl sites for hydroxylation is 1. The highest BCUT2D eigenvalue weighted by Gasteiger charge is 2.25. The average Bonchev–Trinajstić information content (AvgIpc) is 3.30. The van der Waals surface area contributed by atoms with Gasteiger partial charge in [0.25, 0.3) is 0 Å². The number of hydrogen-bond acceptors (Lipinski definition) is 4. The number of nitrogens with zero attached hydrogens (tertiary/aromatic N) is 5. The van der Waals surface area contributed by atoms with Gasteiger partial charge in [-0.25, -0.2) is 0 Å². The predicted molar refractivity (Wildman–Crippen MR) is 97.4 cm³/mol. The molecule has 3 heterocycles. The Balaban J connectivity index is 1.51. The minimum Gasteiger partial charge on any atom is -0.359 e. The molecule has 1 atom stereocenters. The summed E-state index contributed by atoms with van der Waals surface area (Å²) < 4.78 is 7.26. The molecule has 0 aromatic carbocycles. The highest BCUT2D eigenvalue weighted by molar-refractivity contribution is 5.80. The molecule has 2 aromatic rings. The lowest BCUT2D eigenvalue weighted by Crippen LogP contribution is -2.39. The van der Waals surface area contributed by atoms with Crippen molar-refractivity contribution in [1.29, 1.82) is 0 Å². The minimum absolute atomic E-state index is 0.378. The first-order valence-electron chi connectivity index (χ1n) is 8.93. The number of guanidine groups is 1. The molecule has 136 valence electrons. The third-order valence-electron chi connectivity index (χ3n) is 4.67. The van der Waals surface area contributed by atoms with Gasteiger partial charge >= 0.3 is 0 Å². The van der Waals surface area contributed by atoms with Crippen LogP contribution in [0.25, 0.3) is 0 Å². The zero-order valence-electron chi connectivity index (χ0n) is 15.6. The van der Waals surface area contributed by atoms with Gasteiger partial charge < -0.3 is 14.7 Å². The van der Waals surface area contributed by atoms with E-state index in [1.165, 1.54) is 12.0 Å². The second-order valence-corrected chi connectivity index (χ2v) is 7.10. The van der Waals surface area contributed by atoms with Crippen LogP contribution in [-0.2, 0) is 20.0 Å². The Labute approximate surface area is 149 Å². The number of rotatable bonds is 5. The van der Waals surface area contributed by atoms with Gasteiger partial charge in [-0.1, -0.05) is 19.0 Å². The molecule has 0 amide bonds. The molecule has 0 saturated carbocycles. The maximum atomic E-state index is 5.39. The van der Waals surface area contributed by atoms with E-state index < -0.39 is 0 Å². The van der Waals surface area contributed by atoms with Crippen molar-refractivity contribution in [2.45, 2.75) is 39.2 Å². The van der Waals surface area contributed by atoms with Crippen LogP contribution < -0.4 is 5.32 Å². The second-order valence-electron chi connectivity index (χ2n) is 7.10.